The number of alkyl halides is 3. The zero-order valence-corrected chi connectivity index (χ0v) is 15.4. The summed E-state index contributed by atoms with van der Waals surface area (Å²) < 4.78 is 39.8. The lowest BCUT2D eigenvalue weighted by atomic mass is 10.1. The summed E-state index contributed by atoms with van der Waals surface area (Å²) in [4.78, 5) is 34.7. The van der Waals surface area contributed by atoms with Gasteiger partial charge in [0.25, 0.3) is 11.5 Å². The van der Waals surface area contributed by atoms with E-state index in [-0.39, 0.29) is 27.9 Å². The number of carbonyl (C=O) groups excluding carboxylic acids is 1. The third-order valence-corrected chi connectivity index (χ3v) is 4.37. The molecule has 2 N–H and O–H groups in total. The van der Waals surface area contributed by atoms with Crippen LogP contribution in [0.1, 0.15) is 21.7 Å². The quantitative estimate of drug-likeness (QED) is 0.536. The van der Waals surface area contributed by atoms with Crippen molar-refractivity contribution in [2.45, 2.75) is 13.1 Å². The molecule has 4 aromatic rings. The fourth-order valence-electron chi connectivity index (χ4n) is 2.95. The molecule has 0 fully saturated rings. The van der Waals surface area contributed by atoms with E-state index in [1.807, 2.05) is 0 Å². The summed E-state index contributed by atoms with van der Waals surface area (Å²) in [6.45, 7) is 1.33. The van der Waals surface area contributed by atoms with E-state index in [1.165, 1.54) is 24.1 Å². The second-order valence-electron chi connectivity index (χ2n) is 6.32. The van der Waals surface area contributed by atoms with Crippen molar-refractivity contribution >= 4 is 22.6 Å². The van der Waals surface area contributed by atoms with Crippen LogP contribution in [0, 0.1) is 6.92 Å². The number of hydrogen-bond donors (Lipinski definition) is 2. The van der Waals surface area contributed by atoms with Gasteiger partial charge < -0.3 is 10.3 Å². The van der Waals surface area contributed by atoms with Crippen molar-refractivity contribution in [1.29, 1.82) is 0 Å². The third-order valence-electron chi connectivity index (χ3n) is 4.37. The largest absolute Gasteiger partial charge is 0.433 e. The van der Waals surface area contributed by atoms with Crippen LogP contribution in [0.5, 0.6) is 0 Å². The van der Waals surface area contributed by atoms with Gasteiger partial charge in [0.1, 0.15) is 11.1 Å². The zero-order chi connectivity index (χ0) is 21.5. The summed E-state index contributed by atoms with van der Waals surface area (Å²) in [5.74, 6) is -0.636. The molecule has 0 aliphatic rings. The molecule has 0 saturated carbocycles. The molecule has 1 aromatic carbocycles. The first kappa shape index (κ1) is 19.3. The van der Waals surface area contributed by atoms with Gasteiger partial charge in [-0.15, -0.1) is 0 Å². The predicted molar refractivity (Wildman–Crippen MR) is 101 cm³/mol. The highest BCUT2D eigenvalue weighted by Crippen LogP contribution is 2.28. The van der Waals surface area contributed by atoms with E-state index in [0.29, 0.717) is 11.4 Å². The molecule has 11 heteroatoms. The average Bonchev–Trinajstić information content (AvgIpc) is 3.13. The second-order valence-corrected chi connectivity index (χ2v) is 6.32. The van der Waals surface area contributed by atoms with E-state index in [1.54, 1.807) is 24.3 Å². The van der Waals surface area contributed by atoms with Gasteiger partial charge >= 0.3 is 6.18 Å². The van der Waals surface area contributed by atoms with Gasteiger partial charge in [-0.1, -0.05) is 12.1 Å². The van der Waals surface area contributed by atoms with Crippen LogP contribution in [0.2, 0.25) is 0 Å². The van der Waals surface area contributed by atoms with Gasteiger partial charge in [0.2, 0.25) is 0 Å². The van der Waals surface area contributed by atoms with Crippen LogP contribution in [0.4, 0.5) is 18.9 Å². The number of nitrogens with zero attached hydrogens (tertiary/aromatic N) is 4. The Morgan fingerprint density at radius 1 is 1.17 bits per heavy atom. The minimum atomic E-state index is -4.60. The first-order valence-corrected chi connectivity index (χ1v) is 8.63. The fraction of sp³-hybridized carbons (Fsp3) is 0.105. The maximum absolute atomic E-state index is 12.8. The SMILES string of the molecule is Cc1nc(C(F)(F)F)ccc1C(=O)Nc1ccccc1-n1ncc2c(=O)[nH]cnc21. The molecule has 0 unspecified atom stereocenters. The first-order valence-electron chi connectivity index (χ1n) is 8.63. The number of aromatic nitrogens is 5. The van der Waals surface area contributed by atoms with Crippen molar-refractivity contribution in [1.82, 2.24) is 24.7 Å². The third kappa shape index (κ3) is 3.41. The lowest BCUT2D eigenvalue weighted by Crippen LogP contribution is -2.18. The van der Waals surface area contributed by atoms with Crippen molar-refractivity contribution in [3.05, 3.63) is 76.2 Å². The lowest BCUT2D eigenvalue weighted by Gasteiger charge is -2.13. The molecule has 4 rings (SSSR count). The monoisotopic (exact) mass is 414 g/mol. The Morgan fingerprint density at radius 3 is 2.67 bits per heavy atom. The standard InChI is InChI=1S/C19H13F3N6O2/c1-10-11(6-7-15(26-10)19(20,21)22)18(30)27-13-4-2-3-5-14(13)28-16-12(8-25-28)17(29)24-9-23-16/h2-9H,1H3,(H,27,30)(H,23,24,29). The molecule has 1 amide bonds. The summed E-state index contributed by atoms with van der Waals surface area (Å²) in [5, 5.41) is 7.09. The first-order chi connectivity index (χ1) is 14.3. The van der Waals surface area contributed by atoms with E-state index >= 15 is 0 Å². The number of anilines is 1. The molecule has 3 heterocycles. The number of carbonyl (C=O) groups is 1. The highest BCUT2D eigenvalue weighted by molar-refractivity contribution is 6.06. The number of amides is 1. The number of hydrogen-bond acceptors (Lipinski definition) is 5. The highest BCUT2D eigenvalue weighted by atomic mass is 19.4. The molecule has 3 aromatic heterocycles. The fourth-order valence-corrected chi connectivity index (χ4v) is 2.95. The van der Waals surface area contributed by atoms with Crippen LogP contribution in [0.25, 0.3) is 16.7 Å². The number of nitrogens with one attached hydrogen (secondary N) is 2. The Kier molecular flexibility index (Phi) is 4.57. The van der Waals surface area contributed by atoms with Gasteiger partial charge in [-0.3, -0.25) is 9.59 Å². The Hall–Kier alpha value is -4.02. The van der Waals surface area contributed by atoms with Gasteiger partial charge in [-0.05, 0) is 31.2 Å². The average molecular weight is 414 g/mol. The normalized spacial score (nSPS) is 11.6. The molecule has 152 valence electrons. The van der Waals surface area contributed by atoms with Crippen LogP contribution < -0.4 is 10.9 Å². The maximum Gasteiger partial charge on any atom is 0.433 e. The van der Waals surface area contributed by atoms with Crippen molar-refractivity contribution in [2.24, 2.45) is 0 Å². The van der Waals surface area contributed by atoms with Crippen molar-refractivity contribution in [3.63, 3.8) is 0 Å². The summed E-state index contributed by atoms with van der Waals surface area (Å²) in [5.41, 5.74) is -0.455. The van der Waals surface area contributed by atoms with Crippen LogP contribution in [0.3, 0.4) is 0 Å². The molecule has 0 atom stereocenters. The highest BCUT2D eigenvalue weighted by Gasteiger charge is 2.33. The van der Waals surface area contributed by atoms with Crippen molar-refractivity contribution < 1.29 is 18.0 Å². The molecule has 0 bridgehead atoms. The number of rotatable bonds is 3. The molecule has 0 spiro atoms. The van der Waals surface area contributed by atoms with Crippen LogP contribution in [0.15, 0.2) is 53.7 Å². The molecular formula is C19H13F3N6O2. The van der Waals surface area contributed by atoms with Crippen LogP contribution in [-0.4, -0.2) is 30.6 Å². The molecule has 30 heavy (non-hydrogen) atoms. The minimum absolute atomic E-state index is 0.00213. The molecular weight excluding hydrogens is 401 g/mol. The van der Waals surface area contributed by atoms with Gasteiger partial charge in [0, 0.05) is 0 Å². The summed E-state index contributed by atoms with van der Waals surface area (Å²) >= 11 is 0. The summed E-state index contributed by atoms with van der Waals surface area (Å²) in [6, 6.07) is 8.46. The second kappa shape index (κ2) is 7.10. The number of halogens is 3. The number of H-pyrrole nitrogens is 1. The number of aromatic amines is 1. The number of benzene rings is 1. The van der Waals surface area contributed by atoms with Crippen LogP contribution >= 0.6 is 0 Å². The number of fused-ring (bicyclic) bond motifs is 1. The number of para-hydroxylation sites is 2. The zero-order valence-electron chi connectivity index (χ0n) is 15.4. The topological polar surface area (TPSA) is 106 Å². The summed E-state index contributed by atoms with van der Waals surface area (Å²) in [6.07, 6.45) is -2.01. The van der Waals surface area contributed by atoms with Gasteiger partial charge in [0.15, 0.2) is 5.65 Å². The lowest BCUT2D eigenvalue weighted by molar-refractivity contribution is -0.141. The molecule has 0 radical (unpaired) electrons. The Labute approximate surface area is 166 Å². The van der Waals surface area contributed by atoms with E-state index in [0.717, 1.165) is 12.1 Å². The molecule has 0 saturated heterocycles. The Balaban J connectivity index is 1.71. The van der Waals surface area contributed by atoms with Crippen LogP contribution in [-0.2, 0) is 6.18 Å². The maximum atomic E-state index is 12.8. The van der Waals surface area contributed by atoms with E-state index in [2.05, 4.69) is 25.4 Å². The molecule has 0 aliphatic carbocycles. The van der Waals surface area contributed by atoms with Gasteiger partial charge in [-0.25, -0.2) is 14.6 Å². The van der Waals surface area contributed by atoms with E-state index < -0.39 is 17.8 Å². The predicted octanol–water partition coefficient (Wildman–Crippen LogP) is 3.08. The molecule has 8 nitrogen and oxygen atoms in total. The minimum Gasteiger partial charge on any atom is -0.320 e. The van der Waals surface area contributed by atoms with E-state index in [9.17, 15) is 22.8 Å². The number of pyridine rings is 1. The Morgan fingerprint density at radius 2 is 1.93 bits per heavy atom. The Bertz CT molecular complexity index is 1330. The van der Waals surface area contributed by atoms with Crippen molar-refractivity contribution in [2.75, 3.05) is 5.32 Å². The smallest absolute Gasteiger partial charge is 0.320 e. The van der Waals surface area contributed by atoms with E-state index in [4.69, 9.17) is 0 Å². The van der Waals surface area contributed by atoms with Crippen molar-refractivity contribution in [3.8, 4) is 5.69 Å². The van der Waals surface area contributed by atoms with Gasteiger partial charge in [0.05, 0.1) is 35.2 Å². The summed E-state index contributed by atoms with van der Waals surface area (Å²) in [7, 11) is 0. The van der Waals surface area contributed by atoms with Gasteiger partial charge in [-0.2, -0.15) is 18.3 Å². The molecule has 0 aliphatic heterocycles. The number of aryl methyl sites for hydroxylation is 1.